The molecule has 2 aromatic rings. The zero-order valence-electron chi connectivity index (χ0n) is 9.18. The Morgan fingerprint density at radius 3 is 2.76 bits per heavy atom. The smallest absolute Gasteiger partial charge is 0.142 e. The van der Waals surface area contributed by atoms with Crippen LogP contribution in [0, 0.1) is 0 Å². The van der Waals surface area contributed by atoms with Crippen LogP contribution in [-0.2, 0) is 0 Å². The first-order chi connectivity index (χ1) is 8.20. The van der Waals surface area contributed by atoms with Crippen LogP contribution >= 0.6 is 23.4 Å². The number of hydrogen-bond acceptors (Lipinski definition) is 4. The molecule has 0 bridgehead atoms. The first-order valence-corrected chi connectivity index (χ1v) is 6.12. The molecule has 0 fully saturated rings. The summed E-state index contributed by atoms with van der Waals surface area (Å²) in [6, 6.07) is 9.31. The van der Waals surface area contributed by atoms with Crippen LogP contribution in [0.15, 0.2) is 46.5 Å². The Bertz CT molecular complexity index is 516. The summed E-state index contributed by atoms with van der Waals surface area (Å²) >= 11 is 7.25. The number of pyridine rings is 1. The van der Waals surface area contributed by atoms with E-state index in [1.165, 1.54) is 11.8 Å². The van der Waals surface area contributed by atoms with Crippen LogP contribution in [0.4, 0.5) is 5.69 Å². The number of rotatable bonds is 3. The number of halogens is 1. The maximum Gasteiger partial charge on any atom is 0.142 e. The van der Waals surface area contributed by atoms with E-state index in [0.29, 0.717) is 16.5 Å². The molecule has 0 atom stereocenters. The van der Waals surface area contributed by atoms with Crippen molar-refractivity contribution in [3.63, 3.8) is 0 Å². The number of para-hydroxylation sites is 1. The minimum absolute atomic E-state index is 0.618. The van der Waals surface area contributed by atoms with E-state index in [4.69, 9.17) is 22.1 Å². The van der Waals surface area contributed by atoms with E-state index in [0.717, 1.165) is 9.92 Å². The van der Waals surface area contributed by atoms with Gasteiger partial charge in [0.1, 0.15) is 10.8 Å². The van der Waals surface area contributed by atoms with Crippen LogP contribution in [0.25, 0.3) is 0 Å². The lowest BCUT2D eigenvalue weighted by atomic mass is 10.3. The van der Waals surface area contributed by atoms with Crippen molar-refractivity contribution >= 4 is 29.1 Å². The Morgan fingerprint density at radius 2 is 2.12 bits per heavy atom. The van der Waals surface area contributed by atoms with Crippen molar-refractivity contribution in [3.05, 3.63) is 41.6 Å². The predicted octanol–water partition coefficient (Wildman–Crippen LogP) is 3.48. The van der Waals surface area contributed by atoms with Crippen LogP contribution < -0.4 is 10.5 Å². The van der Waals surface area contributed by atoms with Crippen LogP contribution in [0.1, 0.15) is 0 Å². The highest BCUT2D eigenvalue weighted by molar-refractivity contribution is 7.99. The van der Waals surface area contributed by atoms with Crippen LogP contribution in [0.3, 0.4) is 0 Å². The molecule has 17 heavy (non-hydrogen) atoms. The zero-order chi connectivity index (χ0) is 12.3. The number of hydrogen-bond donors (Lipinski definition) is 1. The summed E-state index contributed by atoms with van der Waals surface area (Å²) < 4.78 is 5.16. The number of aromatic nitrogens is 1. The van der Waals surface area contributed by atoms with Crippen molar-refractivity contribution in [1.82, 2.24) is 4.98 Å². The number of nitrogens with two attached hydrogens (primary N) is 1. The van der Waals surface area contributed by atoms with Gasteiger partial charge in [-0.25, -0.2) is 4.98 Å². The molecule has 0 aliphatic rings. The van der Waals surface area contributed by atoms with Crippen LogP contribution in [0.2, 0.25) is 5.02 Å². The molecular weight excluding hydrogens is 256 g/mol. The molecule has 1 aromatic heterocycles. The van der Waals surface area contributed by atoms with Gasteiger partial charge in [0.05, 0.1) is 17.8 Å². The molecule has 0 saturated carbocycles. The first-order valence-electron chi connectivity index (χ1n) is 4.92. The summed E-state index contributed by atoms with van der Waals surface area (Å²) in [6.45, 7) is 0. The van der Waals surface area contributed by atoms with Gasteiger partial charge < -0.3 is 10.5 Å². The van der Waals surface area contributed by atoms with Gasteiger partial charge in [0.2, 0.25) is 0 Å². The topological polar surface area (TPSA) is 48.1 Å². The van der Waals surface area contributed by atoms with Crippen molar-refractivity contribution in [3.8, 4) is 5.75 Å². The monoisotopic (exact) mass is 266 g/mol. The second-order valence-electron chi connectivity index (χ2n) is 3.29. The van der Waals surface area contributed by atoms with Gasteiger partial charge in [-0.2, -0.15) is 0 Å². The predicted molar refractivity (Wildman–Crippen MR) is 70.8 cm³/mol. The van der Waals surface area contributed by atoms with Crippen LogP contribution in [-0.4, -0.2) is 12.1 Å². The zero-order valence-corrected chi connectivity index (χ0v) is 10.8. The summed E-state index contributed by atoms with van der Waals surface area (Å²) in [5.41, 5.74) is 6.59. The van der Waals surface area contributed by atoms with E-state index >= 15 is 0 Å². The lowest BCUT2D eigenvalue weighted by Gasteiger charge is -2.08. The summed E-state index contributed by atoms with van der Waals surface area (Å²) in [5, 5.41) is 1.46. The Hall–Kier alpha value is -1.39. The average molecular weight is 267 g/mol. The number of ether oxygens (including phenoxy) is 1. The maximum absolute atomic E-state index is 5.97. The minimum atomic E-state index is 0.618. The first kappa shape index (κ1) is 12.1. The largest absolute Gasteiger partial charge is 0.495 e. The summed E-state index contributed by atoms with van der Waals surface area (Å²) in [5.74, 6) is 0.670. The number of nitrogen functional groups attached to an aromatic ring is 1. The molecule has 1 heterocycles. The molecule has 2 N–H and O–H groups in total. The number of anilines is 1. The fourth-order valence-corrected chi connectivity index (χ4v) is 2.26. The van der Waals surface area contributed by atoms with Gasteiger partial charge in [-0.05, 0) is 24.3 Å². The van der Waals surface area contributed by atoms with Crippen LogP contribution in [0.5, 0.6) is 5.75 Å². The normalized spacial score (nSPS) is 10.2. The molecule has 0 radical (unpaired) electrons. The van der Waals surface area contributed by atoms with Gasteiger partial charge in [0.15, 0.2) is 0 Å². The molecular formula is C12H11ClN2OS. The molecule has 1 aromatic carbocycles. The van der Waals surface area contributed by atoms with E-state index in [1.807, 2.05) is 24.3 Å². The van der Waals surface area contributed by atoms with Gasteiger partial charge in [0.25, 0.3) is 0 Å². The van der Waals surface area contributed by atoms with E-state index in [9.17, 15) is 0 Å². The highest BCUT2D eigenvalue weighted by Crippen LogP contribution is 2.36. The minimum Gasteiger partial charge on any atom is -0.495 e. The summed E-state index contributed by atoms with van der Waals surface area (Å²) in [7, 11) is 1.60. The fourth-order valence-electron chi connectivity index (χ4n) is 1.33. The number of methoxy groups -OCH3 is 1. The van der Waals surface area contributed by atoms with Crippen molar-refractivity contribution in [2.24, 2.45) is 0 Å². The summed E-state index contributed by atoms with van der Waals surface area (Å²) in [6.07, 6.45) is 1.61. The molecule has 0 amide bonds. The van der Waals surface area contributed by atoms with Crippen molar-refractivity contribution in [2.45, 2.75) is 9.92 Å². The molecule has 0 aliphatic heterocycles. The lowest BCUT2D eigenvalue weighted by Crippen LogP contribution is -1.94. The van der Waals surface area contributed by atoms with Gasteiger partial charge in [-0.3, -0.25) is 0 Å². The second kappa shape index (κ2) is 5.29. The van der Waals surface area contributed by atoms with Crippen molar-refractivity contribution in [1.29, 1.82) is 0 Å². The number of benzene rings is 1. The molecule has 88 valence electrons. The van der Waals surface area contributed by atoms with Gasteiger partial charge >= 0.3 is 0 Å². The maximum atomic E-state index is 5.97. The Kier molecular flexibility index (Phi) is 3.76. The van der Waals surface area contributed by atoms with Gasteiger partial charge in [0, 0.05) is 11.1 Å². The Balaban J connectivity index is 2.27. The quantitative estimate of drug-likeness (QED) is 0.864. The molecule has 2 rings (SSSR count). The third-order valence-corrected chi connectivity index (χ3v) is 3.41. The lowest BCUT2D eigenvalue weighted by molar-refractivity contribution is 0.416. The van der Waals surface area contributed by atoms with E-state index in [2.05, 4.69) is 4.98 Å². The third kappa shape index (κ3) is 2.84. The highest BCUT2D eigenvalue weighted by atomic mass is 35.5. The summed E-state index contributed by atoms with van der Waals surface area (Å²) in [4.78, 5) is 5.12. The average Bonchev–Trinajstić information content (AvgIpc) is 2.35. The SMILES string of the molecule is COc1cccc(Sc2ccc(Cl)cn2)c1N. The Labute approximate surface area is 109 Å². The van der Waals surface area contributed by atoms with Gasteiger partial charge in [-0.15, -0.1) is 0 Å². The van der Waals surface area contributed by atoms with E-state index in [-0.39, 0.29) is 0 Å². The molecule has 0 aliphatic carbocycles. The highest BCUT2D eigenvalue weighted by Gasteiger charge is 2.07. The fraction of sp³-hybridized carbons (Fsp3) is 0.0833. The molecule has 0 spiro atoms. The molecule has 0 unspecified atom stereocenters. The van der Waals surface area contributed by atoms with Crippen molar-refractivity contribution < 1.29 is 4.74 Å². The second-order valence-corrected chi connectivity index (χ2v) is 4.79. The van der Waals surface area contributed by atoms with Gasteiger partial charge in [-0.1, -0.05) is 29.4 Å². The molecule has 3 nitrogen and oxygen atoms in total. The third-order valence-electron chi connectivity index (χ3n) is 2.16. The van der Waals surface area contributed by atoms with Crippen molar-refractivity contribution in [2.75, 3.05) is 12.8 Å². The van der Waals surface area contributed by atoms with E-state index in [1.54, 1.807) is 19.4 Å². The molecule has 5 heteroatoms. The Morgan fingerprint density at radius 1 is 1.29 bits per heavy atom. The molecule has 0 saturated heterocycles. The van der Waals surface area contributed by atoms with E-state index < -0.39 is 0 Å². The standard InChI is InChI=1S/C12H11ClN2OS/c1-16-9-3-2-4-10(12(9)14)17-11-6-5-8(13)7-15-11/h2-7H,14H2,1H3. The number of nitrogens with zero attached hydrogens (tertiary/aromatic N) is 1.